The summed E-state index contributed by atoms with van der Waals surface area (Å²) >= 11 is 0. The van der Waals surface area contributed by atoms with Crippen LogP contribution >= 0.6 is 0 Å². The molecule has 3 aliphatic carbocycles. The molecule has 0 heterocycles. The molecule has 160 valence electrons. The van der Waals surface area contributed by atoms with Crippen LogP contribution in [0, 0.1) is 16.7 Å². The van der Waals surface area contributed by atoms with Gasteiger partial charge in [-0.25, -0.2) is 0 Å². The van der Waals surface area contributed by atoms with E-state index in [9.17, 15) is 14.9 Å². The molecule has 0 aromatic heterocycles. The number of ketones is 2. The minimum Gasteiger partial charge on any atom is -0.293 e. The minimum atomic E-state index is -1.27. The van der Waals surface area contributed by atoms with Gasteiger partial charge >= 0.3 is 0 Å². The Morgan fingerprint density at radius 3 is 1.68 bits per heavy atom. The van der Waals surface area contributed by atoms with Crippen LogP contribution in [0.3, 0.4) is 0 Å². The maximum atomic E-state index is 14.6. The Bertz CT molecular complexity index is 1570. The van der Waals surface area contributed by atoms with Crippen molar-refractivity contribution in [2.45, 2.75) is 16.7 Å². The lowest BCUT2D eigenvalue weighted by atomic mass is 9.75. The molecule has 1 saturated carbocycles. The third-order valence-electron chi connectivity index (χ3n) is 8.41. The summed E-state index contributed by atoms with van der Waals surface area (Å²) in [6.45, 7) is 0. The smallest absolute Gasteiger partial charge is 0.176 e. The van der Waals surface area contributed by atoms with Crippen LogP contribution in [0.15, 0.2) is 109 Å². The Hall–Kier alpha value is -4.29. The van der Waals surface area contributed by atoms with Gasteiger partial charge in [-0.3, -0.25) is 9.59 Å². The fourth-order valence-electron chi connectivity index (χ4n) is 7.46. The van der Waals surface area contributed by atoms with Crippen molar-refractivity contribution < 1.29 is 9.59 Å². The zero-order valence-corrected chi connectivity index (χ0v) is 18.2. The lowest BCUT2D eigenvalue weighted by molar-refractivity contribution is 0.0818. The normalized spacial score (nSPS) is 28.9. The van der Waals surface area contributed by atoms with Gasteiger partial charge in [0, 0.05) is 17.0 Å². The van der Waals surface area contributed by atoms with Crippen molar-refractivity contribution in [1.29, 1.82) is 5.26 Å². The molecule has 0 radical (unpaired) electrons. The van der Waals surface area contributed by atoms with E-state index in [0.29, 0.717) is 11.1 Å². The van der Waals surface area contributed by atoms with Crippen molar-refractivity contribution in [3.63, 3.8) is 0 Å². The topological polar surface area (TPSA) is 57.9 Å². The van der Waals surface area contributed by atoms with E-state index in [2.05, 4.69) is 6.07 Å². The first-order valence-electron chi connectivity index (χ1n) is 11.5. The van der Waals surface area contributed by atoms with Gasteiger partial charge in [-0.1, -0.05) is 109 Å². The molecule has 4 aromatic rings. The van der Waals surface area contributed by atoms with Gasteiger partial charge in [-0.05, 0) is 22.3 Å². The van der Waals surface area contributed by atoms with Gasteiger partial charge in [0.05, 0.1) is 16.9 Å². The molecule has 34 heavy (non-hydrogen) atoms. The van der Waals surface area contributed by atoms with Crippen LogP contribution in [0.1, 0.15) is 48.9 Å². The predicted octanol–water partition coefficient (Wildman–Crippen LogP) is 5.61. The van der Waals surface area contributed by atoms with Gasteiger partial charge in [0.2, 0.25) is 0 Å². The van der Waals surface area contributed by atoms with Gasteiger partial charge in [0.15, 0.2) is 11.6 Å². The first kappa shape index (κ1) is 19.2. The molecule has 4 atom stereocenters. The van der Waals surface area contributed by atoms with Crippen LogP contribution in [0.4, 0.5) is 0 Å². The van der Waals surface area contributed by atoms with Crippen molar-refractivity contribution >= 4 is 11.6 Å². The molecule has 0 aliphatic heterocycles. The molecule has 3 heteroatoms. The number of nitrogens with zero attached hydrogens (tertiary/aromatic N) is 1. The molecule has 3 nitrogen and oxygen atoms in total. The average Bonchev–Trinajstić information content (AvgIpc) is 3.25. The van der Waals surface area contributed by atoms with Crippen LogP contribution in [0.5, 0.6) is 0 Å². The summed E-state index contributed by atoms with van der Waals surface area (Å²) in [7, 11) is 0. The number of hydrogen-bond acceptors (Lipinski definition) is 3. The molecule has 1 fully saturated rings. The summed E-state index contributed by atoms with van der Waals surface area (Å²) in [4.78, 5) is 29.2. The summed E-state index contributed by atoms with van der Waals surface area (Å²) < 4.78 is 0. The number of benzene rings is 4. The molecular weight excluding hydrogens is 418 g/mol. The van der Waals surface area contributed by atoms with Crippen molar-refractivity contribution in [2.75, 3.05) is 0 Å². The summed E-state index contributed by atoms with van der Waals surface area (Å²) in [6.07, 6.45) is 0. The molecule has 3 aliphatic rings. The van der Waals surface area contributed by atoms with E-state index in [-0.39, 0.29) is 17.5 Å². The van der Waals surface area contributed by atoms with Crippen molar-refractivity contribution in [3.05, 3.63) is 143 Å². The standard InChI is InChI=1S/C31H19NO2/c32-19-29-24-17-9-7-15-22(24)26-23-16-8-10-18-25(23)30(29,27(33)20-11-3-1-4-12-20)31(26,29)28(34)21-13-5-2-6-14-21/h1-18,26H/t26-,29+,30+,31-/m1/s1. The Balaban J connectivity index is 1.64. The summed E-state index contributed by atoms with van der Waals surface area (Å²) in [5.41, 5.74) is 0.921. The largest absolute Gasteiger partial charge is 0.293 e. The van der Waals surface area contributed by atoms with Crippen LogP contribution in [0.2, 0.25) is 0 Å². The van der Waals surface area contributed by atoms with Crippen molar-refractivity contribution in [2.24, 2.45) is 5.41 Å². The van der Waals surface area contributed by atoms with Gasteiger partial charge in [0.1, 0.15) is 5.41 Å². The highest BCUT2D eigenvalue weighted by molar-refractivity contribution is 6.24. The molecule has 7 rings (SSSR count). The van der Waals surface area contributed by atoms with E-state index < -0.39 is 16.2 Å². The highest BCUT2D eigenvalue weighted by Gasteiger charge is 3.01. The lowest BCUT2D eigenvalue weighted by Gasteiger charge is -2.23. The second-order valence-corrected chi connectivity index (χ2v) is 9.42. The average molecular weight is 437 g/mol. The van der Waals surface area contributed by atoms with E-state index in [1.165, 1.54) is 0 Å². The summed E-state index contributed by atoms with van der Waals surface area (Å²) in [5, 5.41) is 10.9. The highest BCUT2D eigenvalue weighted by atomic mass is 16.1. The third-order valence-corrected chi connectivity index (χ3v) is 8.41. The quantitative estimate of drug-likeness (QED) is 0.390. The number of nitriles is 1. The van der Waals surface area contributed by atoms with E-state index in [4.69, 9.17) is 0 Å². The number of rotatable bonds is 4. The van der Waals surface area contributed by atoms with Gasteiger partial charge < -0.3 is 0 Å². The molecule has 0 spiro atoms. The van der Waals surface area contributed by atoms with Crippen molar-refractivity contribution in [1.82, 2.24) is 0 Å². The molecule has 0 amide bonds. The van der Waals surface area contributed by atoms with E-state index >= 15 is 0 Å². The Morgan fingerprint density at radius 1 is 0.618 bits per heavy atom. The molecule has 0 saturated heterocycles. The first-order valence-corrected chi connectivity index (χ1v) is 11.5. The maximum absolute atomic E-state index is 14.6. The second-order valence-electron chi connectivity index (χ2n) is 9.42. The third kappa shape index (κ3) is 1.70. The van der Waals surface area contributed by atoms with Crippen LogP contribution in [0.25, 0.3) is 0 Å². The van der Waals surface area contributed by atoms with Crippen molar-refractivity contribution in [3.8, 4) is 6.07 Å². The van der Waals surface area contributed by atoms with E-state index in [1.54, 1.807) is 24.3 Å². The number of fused-ring (bicyclic) bond motifs is 7. The second kappa shape index (κ2) is 6.18. The highest BCUT2D eigenvalue weighted by Crippen LogP contribution is 2.92. The van der Waals surface area contributed by atoms with E-state index in [0.717, 1.165) is 22.3 Å². The van der Waals surface area contributed by atoms with Crippen LogP contribution in [-0.4, -0.2) is 11.6 Å². The monoisotopic (exact) mass is 437 g/mol. The van der Waals surface area contributed by atoms with E-state index in [1.807, 2.05) is 84.9 Å². The maximum Gasteiger partial charge on any atom is 0.176 e. The number of Topliss-reactive ketones (excluding diaryl/α,β-unsaturated/α-hetero) is 2. The Morgan fingerprint density at radius 2 is 1.09 bits per heavy atom. The minimum absolute atomic E-state index is 0.128. The number of carbonyl (C=O) groups is 2. The summed E-state index contributed by atoms with van der Waals surface area (Å²) in [5.74, 6) is -0.625. The zero-order chi connectivity index (χ0) is 23.1. The predicted molar refractivity (Wildman–Crippen MR) is 128 cm³/mol. The van der Waals surface area contributed by atoms with Gasteiger partial charge in [0.25, 0.3) is 0 Å². The number of carbonyl (C=O) groups excluding carboxylic acids is 2. The Kier molecular flexibility index (Phi) is 3.49. The number of hydrogen-bond donors (Lipinski definition) is 0. The van der Waals surface area contributed by atoms with Gasteiger partial charge in [-0.2, -0.15) is 5.26 Å². The Labute approximate surface area is 197 Å². The first-order chi connectivity index (χ1) is 16.7. The van der Waals surface area contributed by atoms with Gasteiger partial charge in [-0.15, -0.1) is 0 Å². The SMILES string of the molecule is N#C[C@]12c3ccccc3[C@@H]3c4ccccc4[C@@]1(C(=O)c1ccccc1)[C@@]32C(=O)c1ccccc1. The fourth-order valence-corrected chi connectivity index (χ4v) is 7.46. The molecule has 0 bridgehead atoms. The molecule has 0 unspecified atom stereocenters. The lowest BCUT2D eigenvalue weighted by Crippen LogP contribution is -2.33. The summed E-state index contributed by atoms with van der Waals surface area (Å²) in [6, 6.07) is 36.5. The zero-order valence-electron chi connectivity index (χ0n) is 18.2. The molecule has 0 N–H and O–H groups in total. The molecular formula is C31H19NO2. The van der Waals surface area contributed by atoms with Crippen LogP contribution < -0.4 is 0 Å². The van der Waals surface area contributed by atoms with Crippen LogP contribution in [-0.2, 0) is 10.8 Å². The fraction of sp³-hybridized carbons (Fsp3) is 0.129. The molecule has 4 aromatic carbocycles.